The van der Waals surface area contributed by atoms with Crippen LogP contribution in [0, 0.1) is 5.82 Å². The summed E-state index contributed by atoms with van der Waals surface area (Å²) >= 11 is 7.46. The van der Waals surface area contributed by atoms with E-state index in [1.807, 2.05) is 6.07 Å². The van der Waals surface area contributed by atoms with Crippen LogP contribution in [0.2, 0.25) is 5.02 Å². The predicted octanol–water partition coefficient (Wildman–Crippen LogP) is 4.10. The Hall–Kier alpha value is -2.62. The van der Waals surface area contributed by atoms with Crippen molar-refractivity contribution in [2.45, 2.75) is 5.22 Å². The number of benzene rings is 2. The van der Waals surface area contributed by atoms with E-state index in [1.165, 1.54) is 6.07 Å². The molecule has 2 heterocycles. The smallest absolute Gasteiger partial charge is 0.277 e. The molecule has 7 nitrogen and oxygen atoms in total. The molecular weight excluding hydrogens is 431 g/mol. The van der Waals surface area contributed by atoms with Gasteiger partial charge in [0.1, 0.15) is 5.82 Å². The van der Waals surface area contributed by atoms with E-state index >= 15 is 0 Å². The molecule has 0 saturated carbocycles. The Morgan fingerprint density at radius 2 is 1.97 bits per heavy atom. The molecule has 4 rings (SSSR count). The molecule has 1 aliphatic rings. The molecule has 0 atom stereocenters. The zero-order chi connectivity index (χ0) is 20.9. The van der Waals surface area contributed by atoms with Crippen molar-refractivity contribution in [1.82, 2.24) is 10.2 Å². The number of thioether (sulfide) groups is 1. The number of para-hydroxylation sites is 1. The molecule has 1 aromatic heterocycles. The molecule has 0 spiro atoms. The van der Waals surface area contributed by atoms with Gasteiger partial charge in [-0.1, -0.05) is 41.6 Å². The van der Waals surface area contributed by atoms with Gasteiger partial charge in [-0.15, -0.1) is 10.2 Å². The van der Waals surface area contributed by atoms with Gasteiger partial charge >= 0.3 is 0 Å². The minimum absolute atomic E-state index is 0.0496. The molecule has 0 aliphatic carbocycles. The third-order valence-corrected chi connectivity index (χ3v) is 5.55. The lowest BCUT2D eigenvalue weighted by atomic mass is 10.2. The second-order valence-corrected chi connectivity index (χ2v) is 7.76. The van der Waals surface area contributed by atoms with E-state index in [-0.39, 0.29) is 28.3 Å². The van der Waals surface area contributed by atoms with E-state index < -0.39 is 5.82 Å². The summed E-state index contributed by atoms with van der Waals surface area (Å²) in [6.07, 6.45) is 0. The van der Waals surface area contributed by atoms with Gasteiger partial charge in [-0.2, -0.15) is 0 Å². The van der Waals surface area contributed by atoms with Gasteiger partial charge in [-0.25, -0.2) is 4.39 Å². The highest BCUT2D eigenvalue weighted by molar-refractivity contribution is 7.99. The second-order valence-electron chi connectivity index (χ2n) is 6.43. The molecule has 2 aromatic carbocycles. The van der Waals surface area contributed by atoms with E-state index in [9.17, 15) is 9.18 Å². The molecule has 1 saturated heterocycles. The van der Waals surface area contributed by atoms with Crippen LogP contribution >= 0.6 is 23.4 Å². The van der Waals surface area contributed by atoms with Gasteiger partial charge in [-0.05, 0) is 24.3 Å². The average Bonchev–Trinajstić information content (AvgIpc) is 3.22. The van der Waals surface area contributed by atoms with E-state index in [0.29, 0.717) is 37.0 Å². The monoisotopic (exact) mass is 448 g/mol. The Labute approximate surface area is 181 Å². The SMILES string of the molecule is O=C(CSc1nnc(-c2ccccc2F)o1)Nc1cccc(Cl)c1N1CCOCC1. The van der Waals surface area contributed by atoms with Crippen molar-refractivity contribution in [3.63, 3.8) is 0 Å². The number of morpholine rings is 1. The third kappa shape index (κ3) is 4.75. The van der Waals surface area contributed by atoms with Crippen LogP contribution in [0.1, 0.15) is 0 Å². The van der Waals surface area contributed by atoms with Gasteiger partial charge in [0.25, 0.3) is 11.1 Å². The van der Waals surface area contributed by atoms with Crippen molar-refractivity contribution in [2.75, 3.05) is 42.3 Å². The zero-order valence-corrected chi connectivity index (χ0v) is 17.4. The van der Waals surface area contributed by atoms with Gasteiger partial charge in [0, 0.05) is 13.1 Å². The fourth-order valence-corrected chi connectivity index (χ4v) is 3.91. The summed E-state index contributed by atoms with van der Waals surface area (Å²) in [4.78, 5) is 14.6. The number of ether oxygens (including phenoxy) is 1. The van der Waals surface area contributed by atoms with Gasteiger partial charge in [0.2, 0.25) is 5.91 Å². The predicted molar refractivity (Wildman–Crippen MR) is 114 cm³/mol. The number of halogens is 2. The maximum absolute atomic E-state index is 13.8. The maximum Gasteiger partial charge on any atom is 0.277 e. The Balaban J connectivity index is 1.40. The molecule has 0 radical (unpaired) electrons. The van der Waals surface area contributed by atoms with Crippen LogP contribution in [-0.4, -0.2) is 48.2 Å². The molecule has 1 fully saturated rings. The van der Waals surface area contributed by atoms with Gasteiger partial charge in [-0.3, -0.25) is 4.79 Å². The van der Waals surface area contributed by atoms with Crippen LogP contribution in [0.15, 0.2) is 52.1 Å². The van der Waals surface area contributed by atoms with Crippen LogP contribution in [0.5, 0.6) is 0 Å². The first-order valence-electron chi connectivity index (χ1n) is 9.24. The summed E-state index contributed by atoms with van der Waals surface area (Å²) in [5.74, 6) is -0.580. The van der Waals surface area contributed by atoms with Gasteiger partial charge in [0.15, 0.2) is 0 Å². The molecule has 10 heteroatoms. The summed E-state index contributed by atoms with van der Waals surface area (Å²) < 4.78 is 24.7. The number of nitrogens with one attached hydrogen (secondary N) is 1. The van der Waals surface area contributed by atoms with Crippen molar-refractivity contribution in [2.24, 2.45) is 0 Å². The molecule has 0 unspecified atom stereocenters. The summed E-state index contributed by atoms with van der Waals surface area (Å²) in [5.41, 5.74) is 1.63. The number of hydrogen-bond acceptors (Lipinski definition) is 7. The van der Waals surface area contributed by atoms with Crippen molar-refractivity contribution < 1.29 is 18.3 Å². The zero-order valence-electron chi connectivity index (χ0n) is 15.8. The molecule has 1 N–H and O–H groups in total. The molecule has 3 aromatic rings. The molecule has 30 heavy (non-hydrogen) atoms. The summed E-state index contributed by atoms with van der Waals surface area (Å²) in [7, 11) is 0. The Kier molecular flexibility index (Phi) is 6.51. The van der Waals surface area contributed by atoms with Crippen molar-refractivity contribution in [3.05, 3.63) is 53.3 Å². The van der Waals surface area contributed by atoms with Gasteiger partial charge in [0.05, 0.1) is 40.9 Å². The minimum Gasteiger partial charge on any atom is -0.411 e. The van der Waals surface area contributed by atoms with Crippen molar-refractivity contribution >= 4 is 40.6 Å². The third-order valence-electron chi connectivity index (χ3n) is 4.43. The fourth-order valence-electron chi connectivity index (χ4n) is 3.05. The van der Waals surface area contributed by atoms with E-state index in [0.717, 1.165) is 17.4 Å². The molecule has 0 bridgehead atoms. The number of anilines is 2. The lowest BCUT2D eigenvalue weighted by Gasteiger charge is -2.31. The first kappa shape index (κ1) is 20.6. The van der Waals surface area contributed by atoms with E-state index in [4.69, 9.17) is 20.8 Å². The lowest BCUT2D eigenvalue weighted by Crippen LogP contribution is -2.37. The van der Waals surface area contributed by atoms with Crippen LogP contribution in [0.3, 0.4) is 0 Å². The lowest BCUT2D eigenvalue weighted by molar-refractivity contribution is -0.113. The average molecular weight is 449 g/mol. The summed E-state index contributed by atoms with van der Waals surface area (Å²) in [6.45, 7) is 2.61. The largest absolute Gasteiger partial charge is 0.411 e. The molecular formula is C20H18ClFN4O3S. The topological polar surface area (TPSA) is 80.5 Å². The van der Waals surface area contributed by atoms with E-state index in [2.05, 4.69) is 20.4 Å². The normalized spacial score (nSPS) is 14.0. The number of carbonyl (C=O) groups excluding carboxylic acids is 1. The first-order chi connectivity index (χ1) is 14.6. The van der Waals surface area contributed by atoms with Crippen molar-refractivity contribution in [3.8, 4) is 11.5 Å². The second kappa shape index (κ2) is 9.46. The number of aromatic nitrogens is 2. The first-order valence-corrected chi connectivity index (χ1v) is 10.6. The number of carbonyl (C=O) groups is 1. The number of amides is 1. The Morgan fingerprint density at radius 3 is 2.77 bits per heavy atom. The molecule has 1 aliphatic heterocycles. The highest BCUT2D eigenvalue weighted by atomic mass is 35.5. The van der Waals surface area contributed by atoms with Crippen LogP contribution in [0.25, 0.3) is 11.5 Å². The molecule has 156 valence electrons. The summed E-state index contributed by atoms with van der Waals surface area (Å²) in [6, 6.07) is 11.5. The quantitative estimate of drug-likeness (QED) is 0.568. The molecule has 1 amide bonds. The maximum atomic E-state index is 13.8. The van der Waals surface area contributed by atoms with Crippen LogP contribution in [0.4, 0.5) is 15.8 Å². The van der Waals surface area contributed by atoms with Gasteiger partial charge < -0.3 is 19.4 Å². The minimum atomic E-state index is -0.452. The standard InChI is InChI=1S/C20H18ClFN4O3S/c21-14-5-3-7-16(18(14)26-8-10-28-11-9-26)23-17(27)12-30-20-25-24-19(29-20)13-4-1-2-6-15(13)22/h1-7H,8-12H2,(H,23,27). The summed E-state index contributed by atoms with van der Waals surface area (Å²) in [5, 5.41) is 11.4. The number of nitrogens with zero attached hydrogens (tertiary/aromatic N) is 3. The number of rotatable bonds is 6. The highest BCUT2D eigenvalue weighted by Gasteiger charge is 2.20. The Morgan fingerprint density at radius 1 is 1.17 bits per heavy atom. The van der Waals surface area contributed by atoms with Crippen LogP contribution < -0.4 is 10.2 Å². The Bertz CT molecular complexity index is 1040. The number of hydrogen-bond donors (Lipinski definition) is 1. The van der Waals surface area contributed by atoms with Crippen LogP contribution in [-0.2, 0) is 9.53 Å². The fraction of sp³-hybridized carbons (Fsp3) is 0.250. The van der Waals surface area contributed by atoms with Crippen molar-refractivity contribution in [1.29, 1.82) is 0 Å². The van der Waals surface area contributed by atoms with E-state index in [1.54, 1.807) is 30.3 Å². The highest BCUT2D eigenvalue weighted by Crippen LogP contribution is 2.34.